The van der Waals surface area contributed by atoms with E-state index in [0.717, 1.165) is 25.9 Å². The molecule has 0 bridgehead atoms. The van der Waals surface area contributed by atoms with E-state index in [-0.39, 0.29) is 12.4 Å². The predicted octanol–water partition coefficient (Wildman–Crippen LogP) is 1.83. The summed E-state index contributed by atoms with van der Waals surface area (Å²) in [6, 6.07) is 0. The van der Waals surface area contributed by atoms with Gasteiger partial charge in [-0.25, -0.2) is 0 Å². The number of ether oxygens (including phenoxy) is 4. The Labute approximate surface area is 116 Å². The Balaban J connectivity index is 3.01. The van der Waals surface area contributed by atoms with E-state index in [1.54, 1.807) is 0 Å². The van der Waals surface area contributed by atoms with Crippen molar-refractivity contribution in [2.45, 2.75) is 32.6 Å². The van der Waals surface area contributed by atoms with Crippen LogP contribution in [0.15, 0.2) is 0 Å². The highest BCUT2D eigenvalue weighted by Gasteiger charge is 2.00. The van der Waals surface area contributed by atoms with Gasteiger partial charge in [0.15, 0.2) is 5.78 Å². The van der Waals surface area contributed by atoms with Crippen LogP contribution >= 0.6 is 0 Å². The molecule has 0 aromatic carbocycles. The molecule has 0 saturated carbocycles. The van der Waals surface area contributed by atoms with Crippen molar-refractivity contribution in [3.63, 3.8) is 0 Å². The van der Waals surface area contributed by atoms with Crippen LogP contribution < -0.4 is 0 Å². The van der Waals surface area contributed by atoms with Crippen molar-refractivity contribution in [2.24, 2.45) is 0 Å². The molecular weight excluding hydrogens is 248 g/mol. The lowest BCUT2D eigenvalue weighted by Crippen LogP contribution is -2.11. The Morgan fingerprint density at radius 1 is 0.842 bits per heavy atom. The van der Waals surface area contributed by atoms with Gasteiger partial charge in [-0.3, -0.25) is 4.79 Å². The topological polar surface area (TPSA) is 54.0 Å². The molecule has 19 heavy (non-hydrogen) atoms. The van der Waals surface area contributed by atoms with Crippen LogP contribution in [0.3, 0.4) is 0 Å². The minimum Gasteiger partial charge on any atom is -0.379 e. The van der Waals surface area contributed by atoms with Crippen molar-refractivity contribution in [3.05, 3.63) is 0 Å². The summed E-state index contributed by atoms with van der Waals surface area (Å²) in [7, 11) is 1.53. The molecule has 0 aliphatic rings. The average Bonchev–Trinajstić information content (AvgIpc) is 2.40. The van der Waals surface area contributed by atoms with E-state index in [0.29, 0.717) is 39.5 Å². The first-order valence-corrected chi connectivity index (χ1v) is 7.05. The lowest BCUT2D eigenvalue weighted by molar-refractivity contribution is -0.123. The number of rotatable bonds is 15. The highest BCUT2D eigenvalue weighted by molar-refractivity contribution is 5.79. The number of carbonyl (C=O) groups excluding carboxylic acids is 1. The molecule has 5 nitrogen and oxygen atoms in total. The highest BCUT2D eigenvalue weighted by Crippen LogP contribution is 1.93. The number of unbranched alkanes of at least 4 members (excludes halogenated alkanes) is 1. The van der Waals surface area contributed by atoms with Crippen molar-refractivity contribution in [1.29, 1.82) is 0 Å². The van der Waals surface area contributed by atoms with Crippen molar-refractivity contribution < 1.29 is 23.7 Å². The van der Waals surface area contributed by atoms with Crippen LogP contribution in [0.4, 0.5) is 0 Å². The molecule has 0 aliphatic heterocycles. The van der Waals surface area contributed by atoms with Gasteiger partial charge in [0, 0.05) is 26.7 Å². The SMILES string of the molecule is CCCCOCCOCCOCCCC(=O)COC. The molecule has 0 aliphatic carbocycles. The van der Waals surface area contributed by atoms with Gasteiger partial charge in [0.2, 0.25) is 0 Å². The second kappa shape index (κ2) is 15.6. The van der Waals surface area contributed by atoms with E-state index in [9.17, 15) is 4.79 Å². The molecule has 0 saturated heterocycles. The van der Waals surface area contributed by atoms with Gasteiger partial charge in [-0.15, -0.1) is 0 Å². The van der Waals surface area contributed by atoms with E-state index in [1.165, 1.54) is 7.11 Å². The standard InChI is InChI=1S/C14H28O5/c1-3-4-7-17-9-11-19-12-10-18-8-5-6-14(15)13-16-2/h3-13H2,1-2H3. The van der Waals surface area contributed by atoms with E-state index >= 15 is 0 Å². The number of hydrogen-bond acceptors (Lipinski definition) is 5. The van der Waals surface area contributed by atoms with Crippen LogP contribution in [0.25, 0.3) is 0 Å². The maximum atomic E-state index is 11.1. The molecule has 0 heterocycles. The second-order valence-corrected chi connectivity index (χ2v) is 4.27. The molecule has 0 N–H and O–H groups in total. The van der Waals surface area contributed by atoms with Crippen molar-refractivity contribution in [3.8, 4) is 0 Å². The maximum Gasteiger partial charge on any atom is 0.158 e. The molecule has 0 amide bonds. The number of Topliss-reactive ketones (excluding diaryl/α,β-unsaturated/α-hetero) is 1. The largest absolute Gasteiger partial charge is 0.379 e. The summed E-state index contributed by atoms with van der Waals surface area (Å²) < 4.78 is 20.8. The molecule has 114 valence electrons. The third kappa shape index (κ3) is 15.5. The molecule has 0 unspecified atom stereocenters. The Bertz CT molecular complexity index is 196. The van der Waals surface area contributed by atoms with E-state index < -0.39 is 0 Å². The van der Waals surface area contributed by atoms with Gasteiger partial charge < -0.3 is 18.9 Å². The molecule has 0 spiro atoms. The van der Waals surface area contributed by atoms with Crippen molar-refractivity contribution in [2.75, 3.05) is 53.4 Å². The van der Waals surface area contributed by atoms with Crippen LogP contribution in [0, 0.1) is 0 Å². The smallest absolute Gasteiger partial charge is 0.158 e. The highest BCUT2D eigenvalue weighted by atomic mass is 16.5. The van der Waals surface area contributed by atoms with Gasteiger partial charge >= 0.3 is 0 Å². The Morgan fingerprint density at radius 2 is 1.37 bits per heavy atom. The summed E-state index contributed by atoms with van der Waals surface area (Å²) in [4.78, 5) is 11.1. The monoisotopic (exact) mass is 276 g/mol. The van der Waals surface area contributed by atoms with E-state index in [1.807, 2.05) is 0 Å². The molecule has 0 aromatic rings. The summed E-state index contributed by atoms with van der Waals surface area (Å²) >= 11 is 0. The van der Waals surface area contributed by atoms with Crippen LogP contribution in [0.1, 0.15) is 32.6 Å². The molecule has 0 radical (unpaired) electrons. The fourth-order valence-electron chi connectivity index (χ4n) is 1.39. The van der Waals surface area contributed by atoms with Crippen LogP contribution in [-0.2, 0) is 23.7 Å². The zero-order valence-corrected chi connectivity index (χ0v) is 12.3. The summed E-state index contributed by atoms with van der Waals surface area (Å²) in [6.07, 6.45) is 3.51. The predicted molar refractivity (Wildman–Crippen MR) is 73.5 cm³/mol. The first kappa shape index (κ1) is 18.5. The summed E-state index contributed by atoms with van der Waals surface area (Å²) in [5, 5.41) is 0. The normalized spacial score (nSPS) is 10.8. The van der Waals surface area contributed by atoms with Crippen LogP contribution in [0.2, 0.25) is 0 Å². The van der Waals surface area contributed by atoms with Crippen LogP contribution in [0.5, 0.6) is 0 Å². The average molecular weight is 276 g/mol. The van der Waals surface area contributed by atoms with Gasteiger partial charge in [-0.1, -0.05) is 13.3 Å². The molecule has 5 heteroatoms. The molecule has 0 fully saturated rings. The third-order valence-electron chi connectivity index (χ3n) is 2.44. The van der Waals surface area contributed by atoms with E-state index in [2.05, 4.69) is 6.92 Å². The van der Waals surface area contributed by atoms with Crippen molar-refractivity contribution >= 4 is 5.78 Å². The fraction of sp³-hybridized carbons (Fsp3) is 0.929. The first-order chi connectivity index (χ1) is 9.31. The lowest BCUT2D eigenvalue weighted by Gasteiger charge is -2.06. The van der Waals surface area contributed by atoms with Gasteiger partial charge in [0.25, 0.3) is 0 Å². The summed E-state index contributed by atoms with van der Waals surface area (Å²) in [5.74, 6) is 0.117. The van der Waals surface area contributed by atoms with Gasteiger partial charge in [0.05, 0.1) is 26.4 Å². The lowest BCUT2D eigenvalue weighted by atomic mass is 10.2. The molecular formula is C14H28O5. The molecule has 0 rings (SSSR count). The first-order valence-electron chi connectivity index (χ1n) is 7.05. The second-order valence-electron chi connectivity index (χ2n) is 4.27. The zero-order valence-electron chi connectivity index (χ0n) is 12.3. The minimum atomic E-state index is 0.117. The third-order valence-corrected chi connectivity index (χ3v) is 2.44. The number of hydrogen-bond donors (Lipinski definition) is 0. The Morgan fingerprint density at radius 3 is 1.89 bits per heavy atom. The maximum absolute atomic E-state index is 11.1. The Kier molecular flexibility index (Phi) is 15.2. The minimum absolute atomic E-state index is 0.117. The van der Waals surface area contributed by atoms with Crippen LogP contribution in [-0.4, -0.2) is 59.1 Å². The quantitative estimate of drug-likeness (QED) is 0.427. The van der Waals surface area contributed by atoms with E-state index in [4.69, 9.17) is 18.9 Å². The molecule has 0 aromatic heterocycles. The van der Waals surface area contributed by atoms with Gasteiger partial charge in [-0.2, -0.15) is 0 Å². The number of methoxy groups -OCH3 is 1. The number of ketones is 1. The number of carbonyl (C=O) groups is 1. The summed E-state index contributed by atoms with van der Waals surface area (Å²) in [5.41, 5.74) is 0. The van der Waals surface area contributed by atoms with Crippen molar-refractivity contribution in [1.82, 2.24) is 0 Å². The van der Waals surface area contributed by atoms with Gasteiger partial charge in [-0.05, 0) is 12.8 Å². The van der Waals surface area contributed by atoms with Gasteiger partial charge in [0.1, 0.15) is 6.61 Å². The molecule has 0 atom stereocenters. The zero-order chi connectivity index (χ0) is 14.2. The Hall–Kier alpha value is -0.490. The summed E-state index contributed by atoms with van der Waals surface area (Å²) in [6.45, 7) is 6.13. The fourth-order valence-corrected chi connectivity index (χ4v) is 1.39.